The number of aliphatic carboxylic acids is 1. The van der Waals surface area contributed by atoms with Crippen LogP contribution in [-0.2, 0) is 22.4 Å². The summed E-state index contributed by atoms with van der Waals surface area (Å²) in [6.07, 6.45) is 3.91. The molecule has 174 valence electrons. The summed E-state index contributed by atoms with van der Waals surface area (Å²) < 4.78 is 7.03. The lowest BCUT2D eigenvalue weighted by atomic mass is 10.1. The zero-order valence-electron chi connectivity index (χ0n) is 18.9. The second-order valence-corrected chi connectivity index (χ2v) is 10.1. The van der Waals surface area contributed by atoms with Gasteiger partial charge in [0.05, 0.1) is 35.4 Å². The van der Waals surface area contributed by atoms with E-state index < -0.39 is 11.9 Å². The van der Waals surface area contributed by atoms with Gasteiger partial charge in [0.2, 0.25) is 0 Å². The largest absolute Gasteiger partial charge is 0.481 e. The monoisotopic (exact) mass is 468 g/mol. The molecule has 2 atom stereocenters. The van der Waals surface area contributed by atoms with Gasteiger partial charge in [-0.25, -0.2) is 9.97 Å². The van der Waals surface area contributed by atoms with Crippen LogP contribution in [0, 0.1) is 5.92 Å². The van der Waals surface area contributed by atoms with E-state index in [1.807, 2.05) is 12.1 Å². The lowest BCUT2D eigenvalue weighted by molar-refractivity contribution is -0.138. The molecule has 8 nitrogen and oxygen atoms in total. The zero-order chi connectivity index (χ0) is 23.1. The van der Waals surface area contributed by atoms with Crippen LogP contribution in [0.1, 0.15) is 53.9 Å². The second-order valence-electron chi connectivity index (χ2n) is 9.12. The van der Waals surface area contributed by atoms with Crippen LogP contribution >= 0.6 is 11.3 Å². The lowest BCUT2D eigenvalue weighted by Gasteiger charge is -2.29. The van der Waals surface area contributed by atoms with Gasteiger partial charge in [0.1, 0.15) is 11.5 Å². The van der Waals surface area contributed by atoms with Gasteiger partial charge in [0, 0.05) is 37.0 Å². The van der Waals surface area contributed by atoms with Gasteiger partial charge >= 0.3 is 5.97 Å². The molecular weight excluding hydrogens is 440 g/mol. The van der Waals surface area contributed by atoms with Gasteiger partial charge in [-0.3, -0.25) is 14.0 Å². The maximum atomic E-state index is 13.5. The number of carboxylic acid groups (broad SMARTS) is 1. The van der Waals surface area contributed by atoms with Gasteiger partial charge in [-0.05, 0) is 36.5 Å². The highest BCUT2D eigenvalue weighted by Gasteiger charge is 2.48. The molecule has 2 unspecified atom stereocenters. The summed E-state index contributed by atoms with van der Waals surface area (Å²) in [5.74, 6) is -0.597. The molecule has 1 aliphatic heterocycles. The maximum absolute atomic E-state index is 13.5. The molecule has 3 aromatic heterocycles. The zero-order valence-corrected chi connectivity index (χ0v) is 19.7. The van der Waals surface area contributed by atoms with Gasteiger partial charge in [0.25, 0.3) is 5.56 Å². The Morgan fingerprint density at radius 1 is 1.27 bits per heavy atom. The van der Waals surface area contributed by atoms with Gasteiger partial charge in [-0.15, -0.1) is 11.3 Å². The Balaban J connectivity index is 1.47. The number of thiazole rings is 1. The number of nitrogens with zero attached hydrogens (tertiary/aromatic N) is 4. The summed E-state index contributed by atoms with van der Waals surface area (Å²) >= 11 is 1.69. The molecule has 0 aromatic carbocycles. The molecule has 2 fully saturated rings. The van der Waals surface area contributed by atoms with E-state index in [2.05, 4.69) is 24.1 Å². The molecule has 4 heterocycles. The summed E-state index contributed by atoms with van der Waals surface area (Å²) in [4.78, 5) is 36.6. The molecule has 2 aliphatic rings. The van der Waals surface area contributed by atoms with E-state index >= 15 is 0 Å². The Morgan fingerprint density at radius 2 is 2.06 bits per heavy atom. The molecule has 0 amide bonds. The first kappa shape index (κ1) is 22.0. The molecule has 33 heavy (non-hydrogen) atoms. The molecule has 1 N–H and O–H groups in total. The standard InChI is InChI=1S/C24H28N4O4S/c1-14(2)18-13-33-20(25-18)4-3-15-5-6-28-19(11-15)26-22(27-7-9-32-10-8-27)21(23(28)29)16-12-17(16)24(30)31/h5-6,11,13-14,16-17H,3-4,7-10,12H2,1-2H3,(H,30,31). The molecule has 5 rings (SSSR count). The van der Waals surface area contributed by atoms with E-state index in [4.69, 9.17) is 14.7 Å². The first-order valence-corrected chi connectivity index (χ1v) is 12.4. The molecular formula is C24H28N4O4S. The summed E-state index contributed by atoms with van der Waals surface area (Å²) in [6, 6.07) is 3.92. The Hall–Kier alpha value is -2.78. The van der Waals surface area contributed by atoms with Gasteiger partial charge in [-0.2, -0.15) is 0 Å². The van der Waals surface area contributed by atoms with Crippen LogP contribution in [0.5, 0.6) is 0 Å². The first-order chi connectivity index (χ1) is 15.9. The minimum atomic E-state index is -0.851. The van der Waals surface area contributed by atoms with Crippen molar-refractivity contribution in [2.75, 3.05) is 31.2 Å². The predicted octanol–water partition coefficient (Wildman–Crippen LogP) is 3.08. The van der Waals surface area contributed by atoms with Crippen LogP contribution in [0.25, 0.3) is 5.65 Å². The third kappa shape index (κ3) is 4.39. The molecule has 1 saturated carbocycles. The molecule has 1 aliphatic carbocycles. The third-order valence-electron chi connectivity index (χ3n) is 6.49. The average Bonchev–Trinajstić information content (AvgIpc) is 3.46. The second kappa shape index (κ2) is 8.87. The number of pyridine rings is 1. The van der Waals surface area contributed by atoms with E-state index in [1.165, 1.54) is 0 Å². The van der Waals surface area contributed by atoms with Crippen molar-refractivity contribution in [3.8, 4) is 0 Å². The van der Waals surface area contributed by atoms with Crippen molar-refractivity contribution in [3.63, 3.8) is 0 Å². The van der Waals surface area contributed by atoms with Crippen LogP contribution in [0.3, 0.4) is 0 Å². The normalized spacial score (nSPS) is 20.5. The molecule has 9 heteroatoms. The van der Waals surface area contributed by atoms with Crippen LogP contribution in [0.15, 0.2) is 28.5 Å². The smallest absolute Gasteiger partial charge is 0.307 e. The number of aromatic nitrogens is 3. The number of ether oxygens (including phenoxy) is 1. The maximum Gasteiger partial charge on any atom is 0.307 e. The average molecular weight is 469 g/mol. The Bertz CT molecular complexity index is 1240. The minimum absolute atomic E-state index is 0.164. The molecule has 0 bridgehead atoms. The van der Waals surface area contributed by atoms with Gasteiger partial charge in [0.15, 0.2) is 0 Å². The number of hydrogen-bond donors (Lipinski definition) is 1. The highest BCUT2D eigenvalue weighted by Crippen LogP contribution is 2.48. The summed E-state index contributed by atoms with van der Waals surface area (Å²) in [5.41, 5.74) is 3.18. The summed E-state index contributed by atoms with van der Waals surface area (Å²) in [7, 11) is 0. The van der Waals surface area contributed by atoms with Crippen molar-refractivity contribution in [2.24, 2.45) is 5.92 Å². The Morgan fingerprint density at radius 3 is 2.73 bits per heavy atom. The van der Waals surface area contributed by atoms with Crippen molar-refractivity contribution < 1.29 is 14.6 Å². The van der Waals surface area contributed by atoms with E-state index in [9.17, 15) is 14.7 Å². The van der Waals surface area contributed by atoms with Crippen molar-refractivity contribution in [3.05, 3.63) is 55.9 Å². The minimum Gasteiger partial charge on any atom is -0.481 e. The molecule has 1 saturated heterocycles. The van der Waals surface area contributed by atoms with Crippen molar-refractivity contribution in [2.45, 2.75) is 44.9 Å². The number of rotatable bonds is 7. The predicted molar refractivity (Wildman–Crippen MR) is 127 cm³/mol. The number of aryl methyl sites for hydroxylation is 2. The number of fused-ring (bicyclic) bond motifs is 1. The molecule has 0 spiro atoms. The first-order valence-electron chi connectivity index (χ1n) is 11.5. The highest BCUT2D eigenvalue weighted by molar-refractivity contribution is 7.09. The number of carbonyl (C=O) groups is 1. The number of hydrogen-bond acceptors (Lipinski definition) is 7. The van der Waals surface area contributed by atoms with Gasteiger partial charge < -0.3 is 14.7 Å². The van der Waals surface area contributed by atoms with Crippen molar-refractivity contribution >= 4 is 28.8 Å². The molecule has 0 radical (unpaired) electrons. The quantitative estimate of drug-likeness (QED) is 0.569. The summed E-state index contributed by atoms with van der Waals surface area (Å²) in [5, 5.41) is 12.7. The van der Waals surface area contributed by atoms with E-state index in [0.717, 1.165) is 29.1 Å². The number of carboxylic acids is 1. The van der Waals surface area contributed by atoms with Crippen molar-refractivity contribution in [1.82, 2.24) is 14.4 Å². The van der Waals surface area contributed by atoms with Crippen LogP contribution in [-0.4, -0.2) is 51.7 Å². The van der Waals surface area contributed by atoms with E-state index in [0.29, 0.717) is 55.7 Å². The van der Waals surface area contributed by atoms with Crippen molar-refractivity contribution in [1.29, 1.82) is 0 Å². The van der Waals surface area contributed by atoms with Crippen LogP contribution in [0.2, 0.25) is 0 Å². The van der Waals surface area contributed by atoms with E-state index in [1.54, 1.807) is 21.9 Å². The van der Waals surface area contributed by atoms with Crippen LogP contribution in [0.4, 0.5) is 5.82 Å². The third-order valence-corrected chi connectivity index (χ3v) is 7.41. The Labute approximate surface area is 195 Å². The lowest BCUT2D eigenvalue weighted by Crippen LogP contribution is -2.39. The van der Waals surface area contributed by atoms with E-state index in [-0.39, 0.29) is 11.5 Å². The topological polar surface area (TPSA) is 97.0 Å². The number of anilines is 1. The summed E-state index contributed by atoms with van der Waals surface area (Å²) in [6.45, 7) is 6.71. The molecule has 3 aromatic rings. The highest BCUT2D eigenvalue weighted by atomic mass is 32.1. The fourth-order valence-corrected chi connectivity index (χ4v) is 5.38. The fraction of sp³-hybridized carbons (Fsp3) is 0.500. The van der Waals surface area contributed by atoms with Gasteiger partial charge in [-0.1, -0.05) is 13.8 Å². The van der Waals surface area contributed by atoms with Crippen LogP contribution < -0.4 is 10.5 Å². The fourth-order valence-electron chi connectivity index (χ4n) is 4.42. The number of morpholine rings is 1. The SMILES string of the molecule is CC(C)c1csc(CCc2ccn3c(=O)c(C4CC4C(=O)O)c(N4CCOCC4)nc3c2)n1. The Kier molecular flexibility index (Phi) is 5.92.